The van der Waals surface area contributed by atoms with Crippen molar-refractivity contribution < 1.29 is 12.6 Å². The zero-order valence-electron chi connectivity index (χ0n) is 16.5. The molecule has 0 unspecified atom stereocenters. The number of benzene rings is 1. The van der Waals surface area contributed by atoms with E-state index >= 15 is 0 Å². The van der Waals surface area contributed by atoms with Crippen LogP contribution in [-0.4, -0.2) is 15.0 Å². The molecule has 1 rings (SSSR count). The zero-order chi connectivity index (χ0) is 18.7. The van der Waals surface area contributed by atoms with Crippen molar-refractivity contribution in [3.05, 3.63) is 29.3 Å². The first-order chi connectivity index (χ1) is 11.9. The van der Waals surface area contributed by atoms with Gasteiger partial charge in [-0.1, -0.05) is 71.8 Å². The van der Waals surface area contributed by atoms with Crippen LogP contribution in [0.1, 0.15) is 83.3 Å². The Morgan fingerprint density at radius 3 is 2.12 bits per heavy atom. The quantitative estimate of drug-likeness (QED) is 0.315. The van der Waals surface area contributed by atoms with Gasteiger partial charge in [-0.05, 0) is 48.9 Å². The minimum absolute atomic E-state index is 0.271. The minimum Gasteiger partial charge on any atom is -0.266 e. The molecule has 0 saturated heterocycles. The second-order valence-electron chi connectivity index (χ2n) is 7.38. The molecule has 0 N–H and O–H groups in total. The fraction of sp³-hybridized carbons (Fsp3) is 0.714. The molecular formula is C21H36O3S. The number of hydrogen-bond donors (Lipinski definition) is 0. The molecule has 144 valence electrons. The molecule has 0 fully saturated rings. The lowest BCUT2D eigenvalue weighted by Gasteiger charge is -2.09. The summed E-state index contributed by atoms with van der Waals surface area (Å²) in [4.78, 5) is 0.271. The van der Waals surface area contributed by atoms with Crippen molar-refractivity contribution in [3.8, 4) is 0 Å². The summed E-state index contributed by atoms with van der Waals surface area (Å²) < 4.78 is 29.6. The average Bonchev–Trinajstić information content (AvgIpc) is 2.56. The van der Waals surface area contributed by atoms with Gasteiger partial charge in [-0.2, -0.15) is 8.42 Å². The van der Waals surface area contributed by atoms with Gasteiger partial charge in [0.15, 0.2) is 0 Å². The number of hydrogen-bond acceptors (Lipinski definition) is 3. The molecule has 0 aliphatic heterocycles. The van der Waals surface area contributed by atoms with Crippen molar-refractivity contribution in [2.24, 2.45) is 5.92 Å². The van der Waals surface area contributed by atoms with Gasteiger partial charge < -0.3 is 0 Å². The zero-order valence-corrected chi connectivity index (χ0v) is 17.3. The van der Waals surface area contributed by atoms with Gasteiger partial charge in [-0.15, -0.1) is 0 Å². The molecule has 3 nitrogen and oxygen atoms in total. The van der Waals surface area contributed by atoms with Gasteiger partial charge in [0.2, 0.25) is 0 Å². The van der Waals surface area contributed by atoms with Crippen LogP contribution in [-0.2, 0) is 20.7 Å². The highest BCUT2D eigenvalue weighted by atomic mass is 32.2. The molecule has 1 aromatic rings. The predicted molar refractivity (Wildman–Crippen MR) is 105 cm³/mol. The molecule has 25 heavy (non-hydrogen) atoms. The van der Waals surface area contributed by atoms with E-state index in [4.69, 9.17) is 4.18 Å². The predicted octanol–water partition coefficient (Wildman–Crippen LogP) is 6.04. The van der Waals surface area contributed by atoms with Gasteiger partial charge >= 0.3 is 0 Å². The van der Waals surface area contributed by atoms with Crippen LogP contribution in [0, 0.1) is 12.8 Å². The van der Waals surface area contributed by atoms with Gasteiger partial charge in [0.1, 0.15) is 0 Å². The topological polar surface area (TPSA) is 43.4 Å². The lowest BCUT2D eigenvalue weighted by molar-refractivity contribution is 0.306. The van der Waals surface area contributed by atoms with Crippen LogP contribution < -0.4 is 0 Å². The molecule has 0 bridgehead atoms. The van der Waals surface area contributed by atoms with Crippen molar-refractivity contribution >= 4 is 10.1 Å². The fourth-order valence-corrected chi connectivity index (χ4v) is 4.02. The standard InChI is InChI=1S/C21H36O3S/c1-5-20-14-15-21(17-19(20)4)25(22,23)24-16-12-10-8-6-7-9-11-13-18(2)3/h14-15,17-18H,5-13,16H2,1-4H3. The van der Waals surface area contributed by atoms with E-state index in [-0.39, 0.29) is 11.5 Å². The summed E-state index contributed by atoms with van der Waals surface area (Å²) in [5.74, 6) is 0.807. The van der Waals surface area contributed by atoms with Crippen LogP contribution in [0.2, 0.25) is 0 Å². The molecule has 0 heterocycles. The summed E-state index contributed by atoms with van der Waals surface area (Å²) >= 11 is 0. The fourth-order valence-electron chi connectivity index (χ4n) is 3.00. The first-order valence-electron chi connectivity index (χ1n) is 9.85. The third kappa shape index (κ3) is 8.87. The van der Waals surface area contributed by atoms with Crippen LogP contribution >= 0.6 is 0 Å². The Kier molecular flexibility index (Phi) is 10.4. The maximum atomic E-state index is 12.2. The van der Waals surface area contributed by atoms with Gasteiger partial charge in [0.05, 0.1) is 11.5 Å². The van der Waals surface area contributed by atoms with E-state index in [1.54, 1.807) is 12.1 Å². The van der Waals surface area contributed by atoms with Crippen LogP contribution in [0.3, 0.4) is 0 Å². The molecule has 0 saturated carbocycles. The van der Waals surface area contributed by atoms with Crippen molar-refractivity contribution in [3.63, 3.8) is 0 Å². The normalized spacial score (nSPS) is 12.0. The molecule has 4 heteroatoms. The maximum absolute atomic E-state index is 12.2. The van der Waals surface area contributed by atoms with E-state index in [0.29, 0.717) is 0 Å². The van der Waals surface area contributed by atoms with Crippen molar-refractivity contribution in [1.82, 2.24) is 0 Å². The molecule has 0 radical (unpaired) electrons. The smallest absolute Gasteiger partial charge is 0.266 e. The van der Waals surface area contributed by atoms with E-state index in [1.807, 2.05) is 13.0 Å². The third-order valence-corrected chi connectivity index (χ3v) is 5.96. The number of aryl methyl sites for hydroxylation is 2. The van der Waals surface area contributed by atoms with Crippen molar-refractivity contribution in [1.29, 1.82) is 0 Å². The summed E-state index contributed by atoms with van der Waals surface area (Å²) in [6.45, 7) is 8.83. The van der Waals surface area contributed by atoms with Gasteiger partial charge in [0.25, 0.3) is 10.1 Å². The average molecular weight is 369 g/mol. The highest BCUT2D eigenvalue weighted by molar-refractivity contribution is 7.86. The highest BCUT2D eigenvalue weighted by Crippen LogP contribution is 2.18. The summed E-state index contributed by atoms with van der Waals surface area (Å²) in [5, 5.41) is 0. The van der Waals surface area contributed by atoms with E-state index in [2.05, 4.69) is 20.8 Å². The molecule has 0 spiro atoms. The van der Waals surface area contributed by atoms with E-state index in [1.165, 1.54) is 37.7 Å². The Morgan fingerprint density at radius 1 is 0.960 bits per heavy atom. The summed E-state index contributed by atoms with van der Waals surface area (Å²) in [5.41, 5.74) is 2.18. The molecule has 0 amide bonds. The van der Waals surface area contributed by atoms with Gasteiger partial charge in [-0.3, -0.25) is 4.18 Å². The second kappa shape index (κ2) is 11.7. The van der Waals surface area contributed by atoms with Crippen LogP contribution in [0.4, 0.5) is 0 Å². The van der Waals surface area contributed by atoms with Crippen LogP contribution in [0.25, 0.3) is 0 Å². The van der Waals surface area contributed by atoms with Crippen molar-refractivity contribution in [2.45, 2.75) is 90.4 Å². The lowest BCUT2D eigenvalue weighted by Crippen LogP contribution is -2.08. The summed E-state index contributed by atoms with van der Waals surface area (Å²) in [6.07, 6.45) is 10.4. The van der Waals surface area contributed by atoms with Crippen molar-refractivity contribution in [2.75, 3.05) is 6.61 Å². The van der Waals surface area contributed by atoms with E-state index < -0.39 is 10.1 Å². The number of unbranched alkanes of at least 4 members (excludes halogenated alkanes) is 6. The molecule has 0 aliphatic carbocycles. The Labute approximate surface area is 155 Å². The lowest BCUT2D eigenvalue weighted by atomic mass is 10.0. The van der Waals surface area contributed by atoms with Gasteiger partial charge in [-0.25, -0.2) is 0 Å². The Bertz CT molecular complexity index is 591. The Morgan fingerprint density at radius 2 is 1.56 bits per heavy atom. The molecule has 0 atom stereocenters. The highest BCUT2D eigenvalue weighted by Gasteiger charge is 2.15. The Hall–Kier alpha value is -0.870. The minimum atomic E-state index is -3.62. The second-order valence-corrected chi connectivity index (χ2v) is 8.99. The van der Waals surface area contributed by atoms with E-state index in [9.17, 15) is 8.42 Å². The number of rotatable bonds is 13. The van der Waals surface area contributed by atoms with Gasteiger partial charge in [0, 0.05) is 0 Å². The summed E-state index contributed by atoms with van der Waals surface area (Å²) in [6, 6.07) is 5.24. The monoisotopic (exact) mass is 368 g/mol. The molecule has 0 aromatic heterocycles. The van der Waals surface area contributed by atoms with E-state index in [0.717, 1.165) is 37.2 Å². The third-order valence-electron chi connectivity index (χ3n) is 4.65. The van der Waals surface area contributed by atoms with Crippen LogP contribution in [0.15, 0.2) is 23.1 Å². The first kappa shape index (κ1) is 22.2. The molecule has 1 aromatic carbocycles. The first-order valence-corrected chi connectivity index (χ1v) is 11.3. The SMILES string of the molecule is CCc1ccc(S(=O)(=O)OCCCCCCCCCC(C)C)cc1C. The Balaban J connectivity index is 2.19. The summed E-state index contributed by atoms with van der Waals surface area (Å²) in [7, 11) is -3.62. The molecule has 0 aliphatic rings. The molecular weight excluding hydrogens is 332 g/mol. The maximum Gasteiger partial charge on any atom is 0.296 e. The van der Waals surface area contributed by atoms with Crippen LogP contribution in [0.5, 0.6) is 0 Å². The largest absolute Gasteiger partial charge is 0.296 e.